The molecule has 1 fully saturated rings. The topological polar surface area (TPSA) is 12.5 Å². The predicted molar refractivity (Wildman–Crippen MR) is 16.6 cm³/mol. The Morgan fingerprint density at radius 2 is 1.50 bits per heavy atom. The Kier molecular flexibility index (Phi) is 2.09. The van der Waals surface area contributed by atoms with Crippen molar-refractivity contribution in [1.29, 1.82) is 0 Å². The molecule has 1 nitrogen and oxygen atoms in total. The zero-order valence-electron chi connectivity index (χ0n) is 2.82. The summed E-state index contributed by atoms with van der Waals surface area (Å²) in [7, 11) is 0. The molecule has 0 spiro atoms. The molecular weight excluding hydrogens is 47.0 g/mol. The minimum Gasteiger partial charge on any atom is -0.377 e. The molecule has 1 heterocycles. The van der Waals surface area contributed by atoms with Gasteiger partial charge in [-0.3, -0.25) is 0 Å². The van der Waals surface area contributed by atoms with Gasteiger partial charge in [0.05, 0.1) is 13.2 Å². The molecule has 2 heteroatoms. The summed E-state index contributed by atoms with van der Waals surface area (Å²) in [6.45, 7) is 2.00. The van der Waals surface area contributed by atoms with E-state index in [9.17, 15) is 0 Å². The van der Waals surface area contributed by atoms with Crippen LogP contribution in [0.15, 0.2) is 0 Å². The number of rotatable bonds is 0. The first kappa shape index (κ1) is 4.56. The molecule has 0 amide bonds. The number of hydrogen-bond donors (Lipinski definition) is 0. The normalized spacial score (nSPS) is 18.0. The third kappa shape index (κ3) is 2.56. The van der Waals surface area contributed by atoms with Crippen molar-refractivity contribution in [2.24, 2.45) is 0 Å². The van der Waals surface area contributed by atoms with Crippen LogP contribution in [0.2, 0.25) is 0 Å². The van der Waals surface area contributed by atoms with Crippen LogP contribution in [0.5, 0.6) is 0 Å². The summed E-state index contributed by atoms with van der Waals surface area (Å²) in [6, 6.07) is 0. The minimum absolute atomic E-state index is 0. The average molecular weight is 51.0 g/mol. The van der Waals surface area contributed by atoms with Gasteiger partial charge in [-0.15, -0.1) is 0 Å². The standard InChI is InChI=1S/C2H4O.Li/c1-2-3-1;/h1-2H2;. The Morgan fingerprint density at radius 3 is 1.50 bits per heavy atom. The summed E-state index contributed by atoms with van der Waals surface area (Å²) in [5.41, 5.74) is 0. The summed E-state index contributed by atoms with van der Waals surface area (Å²) in [5.74, 6) is 0. The van der Waals surface area contributed by atoms with Crippen molar-refractivity contribution >= 4 is 18.9 Å². The van der Waals surface area contributed by atoms with Gasteiger partial charge in [0.15, 0.2) is 0 Å². The molecule has 0 bridgehead atoms. The van der Waals surface area contributed by atoms with Gasteiger partial charge in [-0.2, -0.15) is 0 Å². The van der Waals surface area contributed by atoms with E-state index in [1.807, 2.05) is 0 Å². The van der Waals surface area contributed by atoms with E-state index >= 15 is 0 Å². The number of hydrogen-bond acceptors (Lipinski definition) is 1. The van der Waals surface area contributed by atoms with Crippen molar-refractivity contribution in [2.75, 3.05) is 13.2 Å². The second-order valence-electron chi connectivity index (χ2n) is 0.612. The maximum Gasteiger partial charge on any atom is 0.0701 e. The molecule has 1 saturated heterocycles. The molecule has 1 radical (unpaired) electrons. The predicted octanol–water partition coefficient (Wildman–Crippen LogP) is -0.364. The van der Waals surface area contributed by atoms with Gasteiger partial charge < -0.3 is 4.74 Å². The van der Waals surface area contributed by atoms with E-state index in [2.05, 4.69) is 4.74 Å². The largest absolute Gasteiger partial charge is 0.377 e. The molecule has 0 aromatic rings. The van der Waals surface area contributed by atoms with E-state index in [-0.39, 0.29) is 18.9 Å². The van der Waals surface area contributed by atoms with Crippen molar-refractivity contribution in [2.45, 2.75) is 0 Å². The van der Waals surface area contributed by atoms with E-state index < -0.39 is 0 Å². The molecule has 1 aliphatic rings. The molecule has 4 heavy (non-hydrogen) atoms. The summed E-state index contributed by atoms with van der Waals surface area (Å²) < 4.78 is 4.50. The first-order valence-electron chi connectivity index (χ1n) is 1.08. The van der Waals surface area contributed by atoms with Crippen LogP contribution in [0.4, 0.5) is 0 Å². The Bertz CT molecular complexity index is 10.8. The van der Waals surface area contributed by atoms with Crippen LogP contribution >= 0.6 is 0 Å². The van der Waals surface area contributed by atoms with E-state index in [4.69, 9.17) is 0 Å². The Labute approximate surface area is 37.5 Å². The third-order valence-corrected chi connectivity index (χ3v) is 0.204. The van der Waals surface area contributed by atoms with Gasteiger partial charge in [-0.05, 0) is 0 Å². The maximum absolute atomic E-state index is 4.50. The molecule has 0 saturated carbocycles. The quantitative estimate of drug-likeness (QED) is 0.270. The van der Waals surface area contributed by atoms with Crippen molar-refractivity contribution in [3.8, 4) is 0 Å². The van der Waals surface area contributed by atoms with Gasteiger partial charge in [-0.25, -0.2) is 0 Å². The molecule has 0 N–H and O–H groups in total. The molecule has 0 atom stereocenters. The molecule has 0 aromatic carbocycles. The van der Waals surface area contributed by atoms with Crippen molar-refractivity contribution < 1.29 is 4.74 Å². The fraction of sp³-hybridized carbons (Fsp3) is 1.00. The zero-order valence-corrected chi connectivity index (χ0v) is 2.82. The van der Waals surface area contributed by atoms with Crippen LogP contribution in [-0.2, 0) is 4.74 Å². The van der Waals surface area contributed by atoms with Crippen molar-refractivity contribution in [1.82, 2.24) is 0 Å². The SMILES string of the molecule is C1CO1.[Li]. The van der Waals surface area contributed by atoms with Gasteiger partial charge in [0, 0.05) is 18.9 Å². The molecule has 1 rings (SSSR count). The second-order valence-corrected chi connectivity index (χ2v) is 0.612. The van der Waals surface area contributed by atoms with E-state index in [0.29, 0.717) is 0 Å². The number of epoxide rings is 1. The second kappa shape index (κ2) is 1.84. The molecule has 0 unspecified atom stereocenters. The van der Waals surface area contributed by atoms with Crippen LogP contribution in [0.1, 0.15) is 0 Å². The molecular formula is C2H4LiO. The van der Waals surface area contributed by atoms with Crippen LogP contribution in [0.3, 0.4) is 0 Å². The van der Waals surface area contributed by atoms with Gasteiger partial charge >= 0.3 is 0 Å². The minimum atomic E-state index is 0. The van der Waals surface area contributed by atoms with Gasteiger partial charge in [0.25, 0.3) is 0 Å². The third-order valence-electron chi connectivity index (χ3n) is 0.204. The first-order chi connectivity index (χ1) is 1.50. The summed E-state index contributed by atoms with van der Waals surface area (Å²) in [6.07, 6.45) is 0. The number of ether oxygens (including phenoxy) is 1. The fourth-order valence-corrected chi connectivity index (χ4v) is 0. The summed E-state index contributed by atoms with van der Waals surface area (Å²) in [4.78, 5) is 0. The van der Waals surface area contributed by atoms with Crippen LogP contribution in [-0.4, -0.2) is 32.1 Å². The van der Waals surface area contributed by atoms with Gasteiger partial charge in [-0.1, -0.05) is 0 Å². The van der Waals surface area contributed by atoms with E-state index in [1.54, 1.807) is 0 Å². The molecule has 19 valence electrons. The molecule has 1 aliphatic heterocycles. The average Bonchev–Trinajstić information content (AvgIpc) is 1.46. The van der Waals surface area contributed by atoms with Crippen LogP contribution < -0.4 is 0 Å². The van der Waals surface area contributed by atoms with Crippen molar-refractivity contribution in [3.05, 3.63) is 0 Å². The monoisotopic (exact) mass is 51.0 g/mol. The fourth-order valence-electron chi connectivity index (χ4n) is 0. The van der Waals surface area contributed by atoms with Gasteiger partial charge in [0.2, 0.25) is 0 Å². The first-order valence-corrected chi connectivity index (χ1v) is 1.08. The van der Waals surface area contributed by atoms with Crippen LogP contribution in [0.25, 0.3) is 0 Å². The molecule has 0 aromatic heterocycles. The zero-order chi connectivity index (χ0) is 2.12. The Hall–Kier alpha value is 0.557. The molecule has 0 aliphatic carbocycles. The van der Waals surface area contributed by atoms with E-state index in [1.165, 1.54) is 0 Å². The Balaban J connectivity index is 0.0000000900. The summed E-state index contributed by atoms with van der Waals surface area (Å²) >= 11 is 0. The summed E-state index contributed by atoms with van der Waals surface area (Å²) in [5, 5.41) is 0. The van der Waals surface area contributed by atoms with Crippen molar-refractivity contribution in [3.63, 3.8) is 0 Å². The van der Waals surface area contributed by atoms with Crippen LogP contribution in [0, 0.1) is 0 Å². The van der Waals surface area contributed by atoms with E-state index in [0.717, 1.165) is 13.2 Å². The van der Waals surface area contributed by atoms with Gasteiger partial charge in [0.1, 0.15) is 0 Å². The maximum atomic E-state index is 4.50. The Morgan fingerprint density at radius 1 is 1.25 bits per heavy atom. The smallest absolute Gasteiger partial charge is 0.0701 e.